The molecule has 0 radical (unpaired) electrons. The van der Waals surface area contributed by atoms with E-state index in [1.54, 1.807) is 0 Å². The van der Waals surface area contributed by atoms with Crippen LogP contribution in [0, 0.1) is 6.92 Å². The molecule has 0 saturated heterocycles. The minimum atomic E-state index is -1.23. The van der Waals surface area contributed by atoms with Crippen LogP contribution in [0.15, 0.2) is 90.0 Å². The van der Waals surface area contributed by atoms with Gasteiger partial charge in [-0.05, 0) is 31.2 Å². The van der Waals surface area contributed by atoms with Gasteiger partial charge in [-0.15, -0.1) is 5.10 Å². The van der Waals surface area contributed by atoms with Crippen LogP contribution in [0.4, 0.5) is 11.4 Å². The van der Waals surface area contributed by atoms with Crippen molar-refractivity contribution in [1.29, 1.82) is 0 Å². The highest BCUT2D eigenvalue weighted by Gasteiger charge is 2.26. The van der Waals surface area contributed by atoms with Gasteiger partial charge in [-0.1, -0.05) is 66.2 Å². The number of carboxylic acid groups (broad SMARTS) is 4. The molecule has 0 aliphatic carbocycles. The number of hydrazone groups is 1. The molecule has 0 spiro atoms. The van der Waals surface area contributed by atoms with E-state index < -0.39 is 50.1 Å². The molecule has 14 nitrogen and oxygen atoms in total. The molecule has 0 fully saturated rings. The number of aliphatic carboxylic acids is 4. The summed E-state index contributed by atoms with van der Waals surface area (Å²) in [6.07, 6.45) is 0. The number of anilines is 2. The van der Waals surface area contributed by atoms with Crippen molar-refractivity contribution in [2.24, 2.45) is 5.10 Å². The Hall–Kier alpha value is -5.47. The van der Waals surface area contributed by atoms with Crippen molar-refractivity contribution >= 4 is 41.1 Å². The van der Waals surface area contributed by atoms with Crippen molar-refractivity contribution in [3.05, 3.63) is 96.1 Å². The van der Waals surface area contributed by atoms with Crippen LogP contribution in [-0.4, -0.2) is 99.2 Å². The molecule has 0 bridgehead atoms. The van der Waals surface area contributed by atoms with Crippen molar-refractivity contribution in [1.82, 2.24) is 15.2 Å². The van der Waals surface area contributed by atoms with E-state index >= 15 is 0 Å². The lowest BCUT2D eigenvalue weighted by Gasteiger charge is -2.27. The number of benzene rings is 3. The average molecular weight is 607 g/mol. The first-order valence-electron chi connectivity index (χ1n) is 13.5. The maximum Gasteiger partial charge on any atom is 0.317 e. The first-order valence-corrected chi connectivity index (χ1v) is 13.5. The van der Waals surface area contributed by atoms with E-state index in [-0.39, 0.29) is 13.1 Å². The Morgan fingerprint density at radius 3 is 1.45 bits per heavy atom. The quantitative estimate of drug-likeness (QED) is 0.180. The van der Waals surface area contributed by atoms with Gasteiger partial charge in [0.25, 0.3) is 0 Å². The van der Waals surface area contributed by atoms with E-state index in [1.807, 2.05) is 58.8 Å². The Kier molecular flexibility index (Phi) is 12.2. The predicted molar refractivity (Wildman–Crippen MR) is 162 cm³/mol. The molecule has 1 aliphatic heterocycles. The predicted octanol–water partition coefficient (Wildman–Crippen LogP) is 2.03. The summed E-state index contributed by atoms with van der Waals surface area (Å²) in [5.74, 6) is -4.09. The second-order valence-corrected chi connectivity index (χ2v) is 9.70. The smallest absolute Gasteiger partial charge is 0.317 e. The Morgan fingerprint density at radius 1 is 0.636 bits per heavy atom. The molecule has 1 aliphatic rings. The second kappa shape index (κ2) is 16.2. The largest absolute Gasteiger partial charge is 0.480 e. The molecule has 0 atom stereocenters. The summed E-state index contributed by atoms with van der Waals surface area (Å²) in [4.78, 5) is 44.4. The molecule has 4 rings (SSSR count). The molecule has 232 valence electrons. The number of hydrogen-bond acceptors (Lipinski definition) is 10. The van der Waals surface area contributed by atoms with E-state index in [0.29, 0.717) is 0 Å². The van der Waals surface area contributed by atoms with Crippen LogP contribution in [-0.2, 0) is 19.2 Å². The van der Waals surface area contributed by atoms with Crippen LogP contribution >= 0.6 is 0 Å². The number of rotatable bonds is 14. The van der Waals surface area contributed by atoms with Gasteiger partial charge in [0.2, 0.25) is 0 Å². The lowest BCUT2D eigenvalue weighted by Crippen LogP contribution is -2.44. The van der Waals surface area contributed by atoms with Gasteiger partial charge in [0, 0.05) is 18.7 Å². The number of nitrogens with zero attached hydrogens (tertiary/aromatic N) is 5. The molecule has 0 saturated carbocycles. The van der Waals surface area contributed by atoms with Gasteiger partial charge < -0.3 is 20.4 Å². The normalized spacial score (nSPS) is 12.3. The van der Waals surface area contributed by atoms with E-state index in [4.69, 9.17) is 25.5 Å². The summed E-state index contributed by atoms with van der Waals surface area (Å²) in [7, 11) is 0. The highest BCUT2D eigenvalue weighted by atomic mass is 16.4. The third-order valence-corrected chi connectivity index (χ3v) is 6.08. The van der Waals surface area contributed by atoms with Crippen LogP contribution < -0.4 is 15.7 Å². The number of para-hydroxylation sites is 2. The minimum absolute atomic E-state index is 0.0703. The molecule has 14 heteroatoms. The van der Waals surface area contributed by atoms with E-state index in [2.05, 4.69) is 48.7 Å². The van der Waals surface area contributed by atoms with E-state index in [1.165, 1.54) is 5.56 Å². The summed E-state index contributed by atoms with van der Waals surface area (Å²) in [5.41, 5.74) is 7.71. The van der Waals surface area contributed by atoms with E-state index in [9.17, 15) is 19.2 Å². The monoisotopic (exact) mass is 606 g/mol. The standard InChI is InChI=1S/C20H18N4.C10H16N2O8/c1-16-12-14-17(15-13-16)20-21-23(18-8-4-2-5-9-18)24(22-20)19-10-6-3-7-11-19;13-7(14)3-11(4-8(15)16)1-2-12(5-9(17)18)6-10(19)20/h2-15H,1H3,(H,21,22);1-6H2,(H,13,14)(H,15,16)(H,17,18)(H,19,20). The number of carboxylic acids is 4. The number of hydrazine groups is 2. The minimum Gasteiger partial charge on any atom is -0.480 e. The molecule has 0 amide bonds. The number of amidine groups is 1. The number of nitrogens with one attached hydrogen (secondary N) is 1. The zero-order chi connectivity index (χ0) is 32.1. The highest BCUT2D eigenvalue weighted by molar-refractivity contribution is 6.02. The Balaban J connectivity index is 0.000000246. The highest BCUT2D eigenvalue weighted by Crippen LogP contribution is 2.25. The van der Waals surface area contributed by atoms with Gasteiger partial charge in [-0.2, -0.15) is 10.2 Å². The van der Waals surface area contributed by atoms with Crippen molar-refractivity contribution in [3.8, 4) is 0 Å². The Morgan fingerprint density at radius 2 is 1.05 bits per heavy atom. The zero-order valence-electron chi connectivity index (χ0n) is 24.0. The Bertz CT molecular complexity index is 1370. The fraction of sp³-hybridized carbons (Fsp3) is 0.233. The molecular formula is C30H34N6O8. The van der Waals surface area contributed by atoms with Gasteiger partial charge in [0.1, 0.15) is 0 Å². The number of hydrogen-bond donors (Lipinski definition) is 5. The van der Waals surface area contributed by atoms with Crippen molar-refractivity contribution in [2.75, 3.05) is 49.5 Å². The number of carbonyl (C=O) groups is 4. The SMILES string of the molecule is Cc1ccc(C2=NN(c3ccccc3)N(c3ccccc3)N2)cc1.O=C(O)CN(CCN(CC(=O)O)CC(=O)O)CC(=O)O. The first-order chi connectivity index (χ1) is 21.0. The third kappa shape index (κ3) is 10.7. The van der Waals surface area contributed by atoms with Crippen LogP contribution in [0.1, 0.15) is 11.1 Å². The van der Waals surface area contributed by atoms with Crippen LogP contribution in [0.2, 0.25) is 0 Å². The molecule has 3 aromatic carbocycles. The second-order valence-electron chi connectivity index (χ2n) is 9.70. The topological polar surface area (TPSA) is 187 Å². The van der Waals surface area contributed by atoms with Gasteiger partial charge in [-0.3, -0.25) is 34.4 Å². The van der Waals surface area contributed by atoms with Crippen molar-refractivity contribution in [3.63, 3.8) is 0 Å². The van der Waals surface area contributed by atoms with Gasteiger partial charge in [-0.25, -0.2) is 0 Å². The summed E-state index contributed by atoms with van der Waals surface area (Å²) in [6, 6.07) is 28.6. The van der Waals surface area contributed by atoms with Gasteiger partial charge in [0.05, 0.1) is 37.6 Å². The van der Waals surface area contributed by atoms with Gasteiger partial charge in [0.15, 0.2) is 5.84 Å². The average Bonchev–Trinajstić information content (AvgIpc) is 3.42. The lowest BCUT2D eigenvalue weighted by molar-refractivity contribution is -0.145. The maximum atomic E-state index is 10.6. The third-order valence-electron chi connectivity index (χ3n) is 6.08. The molecule has 44 heavy (non-hydrogen) atoms. The van der Waals surface area contributed by atoms with Crippen molar-refractivity contribution in [2.45, 2.75) is 6.92 Å². The lowest BCUT2D eigenvalue weighted by atomic mass is 10.1. The number of aryl methyl sites for hydroxylation is 1. The molecular weight excluding hydrogens is 572 g/mol. The van der Waals surface area contributed by atoms with Crippen LogP contribution in [0.5, 0.6) is 0 Å². The zero-order valence-corrected chi connectivity index (χ0v) is 24.0. The summed E-state index contributed by atoms with van der Waals surface area (Å²) < 4.78 is 0. The van der Waals surface area contributed by atoms with Gasteiger partial charge >= 0.3 is 23.9 Å². The maximum absolute atomic E-state index is 10.6. The summed E-state index contributed by atoms with van der Waals surface area (Å²) in [5, 5.41) is 43.1. The first kappa shape index (κ1) is 33.0. The molecule has 0 aromatic heterocycles. The molecule has 0 unspecified atom stereocenters. The fourth-order valence-corrected chi connectivity index (χ4v) is 4.10. The molecule has 5 N–H and O–H groups in total. The van der Waals surface area contributed by atoms with Crippen molar-refractivity contribution < 1.29 is 39.6 Å². The van der Waals surface area contributed by atoms with E-state index in [0.717, 1.165) is 32.6 Å². The molecule has 3 aromatic rings. The molecule has 1 heterocycles. The van der Waals surface area contributed by atoms with Crippen LogP contribution in [0.3, 0.4) is 0 Å². The summed E-state index contributed by atoms with van der Waals surface area (Å²) in [6.45, 7) is -0.167. The fourth-order valence-electron chi connectivity index (χ4n) is 4.10. The van der Waals surface area contributed by atoms with Crippen LogP contribution in [0.25, 0.3) is 0 Å². The Labute approximate surface area is 253 Å². The summed E-state index contributed by atoms with van der Waals surface area (Å²) >= 11 is 0.